The molecule has 2 fully saturated rings. The number of thiazole rings is 1. The second-order valence-corrected chi connectivity index (χ2v) is 8.63. The van der Waals surface area contributed by atoms with E-state index in [1.54, 1.807) is 17.4 Å². The van der Waals surface area contributed by atoms with E-state index in [0.717, 1.165) is 48.2 Å². The summed E-state index contributed by atoms with van der Waals surface area (Å²) in [7, 11) is 0. The second kappa shape index (κ2) is 7.04. The molecule has 1 aromatic carbocycles. The van der Waals surface area contributed by atoms with Crippen LogP contribution in [0.15, 0.2) is 35.5 Å². The number of nitrogens with zero attached hydrogens (tertiary/aromatic N) is 3. The molecule has 1 aliphatic carbocycles. The zero-order chi connectivity index (χ0) is 18.2. The number of nitrogens with one attached hydrogen (secondary N) is 1. The van der Waals surface area contributed by atoms with E-state index in [1.807, 2.05) is 0 Å². The smallest absolute Gasteiger partial charge is 0.241 e. The first-order chi connectivity index (χ1) is 13.3. The van der Waals surface area contributed by atoms with Crippen LogP contribution in [0.1, 0.15) is 53.8 Å². The van der Waals surface area contributed by atoms with Crippen LogP contribution in [0, 0.1) is 0 Å². The molecule has 0 amide bonds. The Labute approximate surface area is 162 Å². The monoisotopic (exact) mass is 378 g/mol. The van der Waals surface area contributed by atoms with Gasteiger partial charge in [0.05, 0.1) is 10.7 Å². The van der Waals surface area contributed by atoms with E-state index < -0.39 is 0 Å². The number of fused-ring (bicyclic) bond motifs is 1. The standard InChI is InChI=1S/C21H22N4OS/c26-13-23-21-19(24-20(27-21)15-5-6-15)12-25-9-7-14(8-10-25)17-11-22-18-4-2-1-3-16(17)18/h1-4,11,14-15,22H,5-10,12H2. The summed E-state index contributed by atoms with van der Waals surface area (Å²) >= 11 is 1.57. The van der Waals surface area contributed by atoms with Crippen LogP contribution >= 0.6 is 11.3 Å². The first-order valence-corrected chi connectivity index (χ1v) is 10.5. The number of isocyanates is 1. The average Bonchev–Trinajstić information content (AvgIpc) is 3.35. The van der Waals surface area contributed by atoms with E-state index in [1.165, 1.54) is 29.3 Å². The van der Waals surface area contributed by atoms with Crippen LogP contribution in [0.2, 0.25) is 0 Å². The summed E-state index contributed by atoms with van der Waals surface area (Å²) in [5.41, 5.74) is 3.62. The molecule has 1 aliphatic heterocycles. The molecular formula is C21H22N4OS. The number of hydrogen-bond acceptors (Lipinski definition) is 5. The van der Waals surface area contributed by atoms with E-state index in [2.05, 4.69) is 45.3 Å². The fourth-order valence-corrected chi connectivity index (χ4v) is 5.21. The van der Waals surface area contributed by atoms with Gasteiger partial charge < -0.3 is 4.98 Å². The lowest BCUT2D eigenvalue weighted by Crippen LogP contribution is -2.32. The Balaban J connectivity index is 1.28. The number of aromatic amines is 1. The number of aromatic nitrogens is 2. The molecule has 3 heterocycles. The van der Waals surface area contributed by atoms with Crippen molar-refractivity contribution in [3.8, 4) is 0 Å². The van der Waals surface area contributed by atoms with Crippen molar-refractivity contribution >= 4 is 33.3 Å². The van der Waals surface area contributed by atoms with Gasteiger partial charge >= 0.3 is 0 Å². The van der Waals surface area contributed by atoms with Gasteiger partial charge in [0, 0.05) is 29.6 Å². The van der Waals surface area contributed by atoms with Crippen LogP contribution < -0.4 is 0 Å². The molecule has 5 nitrogen and oxygen atoms in total. The van der Waals surface area contributed by atoms with Gasteiger partial charge in [0.15, 0.2) is 5.00 Å². The quantitative estimate of drug-likeness (QED) is 0.510. The van der Waals surface area contributed by atoms with Crippen molar-refractivity contribution in [2.24, 2.45) is 4.99 Å². The minimum absolute atomic E-state index is 0.594. The molecule has 138 valence electrons. The fourth-order valence-electron chi connectivity index (χ4n) is 4.14. The zero-order valence-corrected chi connectivity index (χ0v) is 16.0. The highest BCUT2D eigenvalue weighted by molar-refractivity contribution is 7.15. The van der Waals surface area contributed by atoms with E-state index in [9.17, 15) is 4.79 Å². The molecule has 0 atom stereocenters. The summed E-state index contributed by atoms with van der Waals surface area (Å²) in [6, 6.07) is 8.55. The minimum Gasteiger partial charge on any atom is -0.361 e. The number of benzene rings is 1. The molecule has 2 aromatic heterocycles. The highest BCUT2D eigenvalue weighted by Gasteiger charge is 2.29. The summed E-state index contributed by atoms with van der Waals surface area (Å²) in [5.74, 6) is 1.19. The predicted octanol–water partition coefficient (Wildman–Crippen LogP) is 4.85. The van der Waals surface area contributed by atoms with Crippen LogP contribution in [-0.4, -0.2) is 34.0 Å². The van der Waals surface area contributed by atoms with E-state index in [-0.39, 0.29) is 0 Å². The molecule has 27 heavy (non-hydrogen) atoms. The molecule has 0 bridgehead atoms. The Kier molecular flexibility index (Phi) is 4.40. The topological polar surface area (TPSA) is 61.4 Å². The van der Waals surface area contributed by atoms with Crippen molar-refractivity contribution in [2.45, 2.75) is 44.1 Å². The number of aliphatic imine (C=N–C) groups is 1. The normalized spacial score (nSPS) is 18.7. The zero-order valence-electron chi connectivity index (χ0n) is 15.1. The largest absolute Gasteiger partial charge is 0.361 e. The Bertz CT molecular complexity index is 1000. The maximum Gasteiger partial charge on any atom is 0.241 e. The highest BCUT2D eigenvalue weighted by Crippen LogP contribution is 2.45. The molecule has 1 saturated heterocycles. The molecule has 3 aromatic rings. The van der Waals surface area contributed by atoms with Gasteiger partial charge in [-0.3, -0.25) is 4.90 Å². The third-order valence-corrected chi connectivity index (χ3v) is 6.94. The summed E-state index contributed by atoms with van der Waals surface area (Å²) in [6.07, 6.45) is 8.61. The van der Waals surface area contributed by atoms with Crippen LogP contribution in [-0.2, 0) is 11.3 Å². The Hall–Kier alpha value is -2.27. The first-order valence-electron chi connectivity index (χ1n) is 9.67. The lowest BCUT2D eigenvalue weighted by atomic mass is 9.89. The number of H-pyrrole nitrogens is 1. The van der Waals surface area contributed by atoms with Crippen molar-refractivity contribution in [3.05, 3.63) is 46.7 Å². The lowest BCUT2D eigenvalue weighted by Gasteiger charge is -2.31. The molecule has 0 radical (unpaired) electrons. The first kappa shape index (κ1) is 16.9. The molecule has 6 heteroatoms. The summed E-state index contributed by atoms with van der Waals surface area (Å²) in [4.78, 5) is 25.3. The third-order valence-electron chi connectivity index (χ3n) is 5.79. The number of likely N-dealkylation sites (tertiary alicyclic amines) is 1. The summed E-state index contributed by atoms with van der Waals surface area (Å²) in [5, 5.41) is 3.26. The van der Waals surface area contributed by atoms with Crippen LogP contribution in [0.3, 0.4) is 0 Å². The maximum atomic E-state index is 10.8. The van der Waals surface area contributed by atoms with Crippen molar-refractivity contribution in [2.75, 3.05) is 13.1 Å². The maximum absolute atomic E-state index is 10.8. The van der Waals surface area contributed by atoms with Gasteiger partial charge in [-0.25, -0.2) is 9.78 Å². The van der Waals surface area contributed by atoms with Gasteiger partial charge in [-0.1, -0.05) is 29.5 Å². The SMILES string of the molecule is O=C=Nc1sc(C2CC2)nc1CN1CCC(c2c[nH]c3ccccc23)CC1. The van der Waals surface area contributed by atoms with Crippen LogP contribution in [0.5, 0.6) is 0 Å². The third kappa shape index (κ3) is 3.36. The summed E-state index contributed by atoms with van der Waals surface area (Å²) in [6.45, 7) is 2.87. The number of hydrogen-bond donors (Lipinski definition) is 1. The number of piperidine rings is 1. The lowest BCUT2D eigenvalue weighted by molar-refractivity contribution is 0.203. The van der Waals surface area contributed by atoms with Gasteiger partial charge in [-0.2, -0.15) is 4.99 Å². The van der Waals surface area contributed by atoms with Gasteiger partial charge in [0.25, 0.3) is 0 Å². The van der Waals surface area contributed by atoms with Gasteiger partial charge in [-0.05, 0) is 56.3 Å². The van der Waals surface area contributed by atoms with Gasteiger partial charge in [0.1, 0.15) is 0 Å². The minimum atomic E-state index is 0.594. The van der Waals surface area contributed by atoms with Crippen LogP contribution in [0.4, 0.5) is 5.00 Å². The predicted molar refractivity (Wildman–Crippen MR) is 107 cm³/mol. The fraction of sp³-hybridized carbons (Fsp3) is 0.429. The molecule has 1 N–H and O–H groups in total. The molecule has 0 unspecified atom stereocenters. The molecular weight excluding hydrogens is 356 g/mol. The summed E-state index contributed by atoms with van der Waals surface area (Å²) < 4.78 is 0. The van der Waals surface area contributed by atoms with Crippen molar-refractivity contribution in [1.29, 1.82) is 0 Å². The number of para-hydroxylation sites is 1. The molecule has 5 rings (SSSR count). The Morgan fingerprint density at radius 1 is 1.19 bits per heavy atom. The average molecular weight is 379 g/mol. The Morgan fingerprint density at radius 2 is 2.00 bits per heavy atom. The van der Waals surface area contributed by atoms with E-state index in [0.29, 0.717) is 11.8 Å². The molecule has 0 spiro atoms. The van der Waals surface area contributed by atoms with Gasteiger partial charge in [-0.15, -0.1) is 0 Å². The van der Waals surface area contributed by atoms with E-state index >= 15 is 0 Å². The van der Waals surface area contributed by atoms with Crippen LogP contribution in [0.25, 0.3) is 10.9 Å². The van der Waals surface area contributed by atoms with Crippen molar-refractivity contribution in [1.82, 2.24) is 14.9 Å². The number of rotatable bonds is 5. The van der Waals surface area contributed by atoms with Gasteiger partial charge in [0.2, 0.25) is 6.08 Å². The second-order valence-electron chi connectivity index (χ2n) is 7.62. The molecule has 2 aliphatic rings. The van der Waals surface area contributed by atoms with Crippen molar-refractivity contribution in [3.63, 3.8) is 0 Å². The highest BCUT2D eigenvalue weighted by atomic mass is 32.1. The Morgan fingerprint density at radius 3 is 2.78 bits per heavy atom. The van der Waals surface area contributed by atoms with Crippen molar-refractivity contribution < 1.29 is 4.79 Å². The molecule has 1 saturated carbocycles. The number of carbonyl (C=O) groups excluding carboxylic acids is 1. The van der Waals surface area contributed by atoms with E-state index in [4.69, 9.17) is 4.98 Å².